The summed E-state index contributed by atoms with van der Waals surface area (Å²) < 4.78 is 14.5. The van der Waals surface area contributed by atoms with Gasteiger partial charge in [-0.15, -0.1) is 0 Å². The van der Waals surface area contributed by atoms with Gasteiger partial charge in [0.1, 0.15) is 11.5 Å². The van der Waals surface area contributed by atoms with E-state index in [4.69, 9.17) is 0 Å². The van der Waals surface area contributed by atoms with Gasteiger partial charge in [0, 0.05) is 11.8 Å². The molecule has 0 saturated carbocycles. The SMILES string of the molecule is Cc1cccc(NC(=O)c2ccc(=O)n(Cc3cccc(F)c3)n2)c1C. The van der Waals surface area contributed by atoms with Crippen LogP contribution in [-0.2, 0) is 6.54 Å². The summed E-state index contributed by atoms with van der Waals surface area (Å²) in [5.41, 5.74) is 3.06. The van der Waals surface area contributed by atoms with Gasteiger partial charge in [-0.2, -0.15) is 5.10 Å². The Kier molecular flexibility index (Phi) is 4.93. The van der Waals surface area contributed by atoms with Crippen LogP contribution in [0, 0.1) is 19.7 Å². The largest absolute Gasteiger partial charge is 0.320 e. The van der Waals surface area contributed by atoms with Gasteiger partial charge in [0.15, 0.2) is 0 Å². The lowest BCUT2D eigenvalue weighted by atomic mass is 10.1. The van der Waals surface area contributed by atoms with E-state index in [0.29, 0.717) is 11.3 Å². The Hall–Kier alpha value is -3.28. The standard InChI is InChI=1S/C20H18FN3O2/c1-13-5-3-8-17(14(13)2)22-20(26)18-9-10-19(25)24(23-18)12-15-6-4-7-16(21)11-15/h3-11H,12H2,1-2H3,(H,22,26). The third-order valence-electron chi connectivity index (χ3n) is 4.17. The molecule has 0 saturated heterocycles. The highest BCUT2D eigenvalue weighted by Gasteiger charge is 2.12. The molecule has 0 aliphatic heterocycles. The van der Waals surface area contributed by atoms with Crippen molar-refractivity contribution < 1.29 is 9.18 Å². The predicted molar refractivity (Wildman–Crippen MR) is 97.9 cm³/mol. The fraction of sp³-hybridized carbons (Fsp3) is 0.150. The van der Waals surface area contributed by atoms with Gasteiger partial charge in [0.2, 0.25) is 0 Å². The number of hydrogen-bond acceptors (Lipinski definition) is 3. The third-order valence-corrected chi connectivity index (χ3v) is 4.17. The van der Waals surface area contributed by atoms with Crippen molar-refractivity contribution in [3.8, 4) is 0 Å². The van der Waals surface area contributed by atoms with E-state index in [2.05, 4.69) is 10.4 Å². The molecule has 1 heterocycles. The fourth-order valence-electron chi connectivity index (χ4n) is 2.56. The molecule has 6 heteroatoms. The van der Waals surface area contributed by atoms with Crippen molar-refractivity contribution in [1.29, 1.82) is 0 Å². The average Bonchev–Trinajstić information content (AvgIpc) is 2.61. The van der Waals surface area contributed by atoms with Crippen LogP contribution in [0.5, 0.6) is 0 Å². The van der Waals surface area contributed by atoms with Gasteiger partial charge in [-0.25, -0.2) is 9.07 Å². The Morgan fingerprint density at radius 2 is 1.88 bits per heavy atom. The van der Waals surface area contributed by atoms with Crippen LogP contribution in [0.1, 0.15) is 27.2 Å². The lowest BCUT2D eigenvalue weighted by molar-refractivity contribution is 0.102. The van der Waals surface area contributed by atoms with E-state index in [-0.39, 0.29) is 23.6 Å². The zero-order valence-corrected chi connectivity index (χ0v) is 14.5. The lowest BCUT2D eigenvalue weighted by Crippen LogP contribution is -2.26. The molecule has 2 aromatic carbocycles. The summed E-state index contributed by atoms with van der Waals surface area (Å²) in [4.78, 5) is 24.5. The van der Waals surface area contributed by atoms with Gasteiger partial charge in [-0.3, -0.25) is 9.59 Å². The van der Waals surface area contributed by atoms with E-state index >= 15 is 0 Å². The molecule has 1 amide bonds. The second-order valence-electron chi connectivity index (χ2n) is 6.05. The topological polar surface area (TPSA) is 64.0 Å². The number of amides is 1. The number of hydrogen-bond donors (Lipinski definition) is 1. The Balaban J connectivity index is 1.85. The second kappa shape index (κ2) is 7.31. The van der Waals surface area contributed by atoms with Crippen molar-refractivity contribution in [3.63, 3.8) is 0 Å². The van der Waals surface area contributed by atoms with Crippen molar-refractivity contribution in [1.82, 2.24) is 9.78 Å². The number of carbonyl (C=O) groups is 1. The van der Waals surface area contributed by atoms with Gasteiger partial charge in [-0.05, 0) is 54.8 Å². The second-order valence-corrected chi connectivity index (χ2v) is 6.05. The molecule has 0 radical (unpaired) electrons. The zero-order valence-electron chi connectivity index (χ0n) is 14.5. The number of carbonyl (C=O) groups excluding carboxylic acids is 1. The number of nitrogens with zero attached hydrogens (tertiary/aromatic N) is 2. The molecule has 5 nitrogen and oxygen atoms in total. The van der Waals surface area contributed by atoms with Gasteiger partial charge < -0.3 is 5.32 Å². The summed E-state index contributed by atoms with van der Waals surface area (Å²) >= 11 is 0. The molecule has 0 aliphatic carbocycles. The number of aromatic nitrogens is 2. The number of anilines is 1. The predicted octanol–water partition coefficient (Wildman–Crippen LogP) is 3.30. The smallest absolute Gasteiger partial charge is 0.276 e. The van der Waals surface area contributed by atoms with E-state index in [1.54, 1.807) is 12.1 Å². The highest BCUT2D eigenvalue weighted by atomic mass is 19.1. The van der Waals surface area contributed by atoms with Gasteiger partial charge in [0.25, 0.3) is 11.5 Å². The monoisotopic (exact) mass is 351 g/mol. The van der Waals surface area contributed by atoms with Crippen LogP contribution in [0.2, 0.25) is 0 Å². The van der Waals surface area contributed by atoms with E-state index in [9.17, 15) is 14.0 Å². The molecule has 3 rings (SSSR count). The van der Waals surface area contributed by atoms with E-state index < -0.39 is 5.91 Å². The summed E-state index contributed by atoms with van der Waals surface area (Å²) in [5.74, 6) is -0.800. The number of halogens is 1. The minimum absolute atomic E-state index is 0.0845. The Labute approximate surface area is 150 Å². The van der Waals surface area contributed by atoms with Crippen molar-refractivity contribution in [3.05, 3.63) is 93.2 Å². The molecule has 26 heavy (non-hydrogen) atoms. The number of benzene rings is 2. The maximum Gasteiger partial charge on any atom is 0.276 e. The molecular formula is C20H18FN3O2. The molecule has 1 aromatic heterocycles. The van der Waals surface area contributed by atoms with Crippen molar-refractivity contribution in [2.24, 2.45) is 0 Å². The first-order valence-electron chi connectivity index (χ1n) is 8.14. The van der Waals surface area contributed by atoms with Crippen LogP contribution in [0.15, 0.2) is 59.4 Å². The number of nitrogens with one attached hydrogen (secondary N) is 1. The summed E-state index contributed by atoms with van der Waals surface area (Å²) in [6.07, 6.45) is 0. The van der Waals surface area contributed by atoms with Gasteiger partial charge in [-0.1, -0.05) is 24.3 Å². The highest BCUT2D eigenvalue weighted by Crippen LogP contribution is 2.18. The summed E-state index contributed by atoms with van der Waals surface area (Å²) in [6, 6.07) is 14.2. The van der Waals surface area contributed by atoms with Crippen LogP contribution < -0.4 is 10.9 Å². The van der Waals surface area contributed by atoms with E-state index in [0.717, 1.165) is 15.8 Å². The molecule has 132 valence electrons. The molecule has 0 bridgehead atoms. The van der Waals surface area contributed by atoms with Crippen molar-refractivity contribution in [2.45, 2.75) is 20.4 Å². The first-order chi connectivity index (χ1) is 12.4. The van der Waals surface area contributed by atoms with Gasteiger partial charge in [0.05, 0.1) is 6.54 Å². The number of aryl methyl sites for hydroxylation is 1. The molecule has 0 fully saturated rings. The van der Waals surface area contributed by atoms with Crippen LogP contribution >= 0.6 is 0 Å². The molecule has 0 aliphatic rings. The minimum atomic E-state index is -0.410. The third kappa shape index (κ3) is 3.85. The normalized spacial score (nSPS) is 10.6. The summed E-state index contributed by atoms with van der Waals surface area (Å²) in [5, 5.41) is 6.93. The molecule has 0 atom stereocenters. The molecule has 0 spiro atoms. The summed E-state index contributed by atoms with van der Waals surface area (Å²) in [6.45, 7) is 3.97. The Bertz CT molecular complexity index is 1030. The minimum Gasteiger partial charge on any atom is -0.320 e. The summed E-state index contributed by atoms with van der Waals surface area (Å²) in [7, 11) is 0. The lowest BCUT2D eigenvalue weighted by Gasteiger charge is -2.11. The fourth-order valence-corrected chi connectivity index (χ4v) is 2.56. The van der Waals surface area contributed by atoms with E-state index in [1.807, 2.05) is 32.0 Å². The van der Waals surface area contributed by atoms with E-state index in [1.165, 1.54) is 24.3 Å². The quantitative estimate of drug-likeness (QED) is 0.784. The molecule has 1 N–H and O–H groups in total. The molecule has 3 aromatic rings. The first kappa shape index (κ1) is 17.5. The first-order valence-corrected chi connectivity index (χ1v) is 8.14. The Morgan fingerprint density at radius 3 is 2.65 bits per heavy atom. The highest BCUT2D eigenvalue weighted by molar-refractivity contribution is 6.03. The maximum atomic E-state index is 13.3. The Morgan fingerprint density at radius 1 is 1.12 bits per heavy atom. The molecule has 0 unspecified atom stereocenters. The van der Waals surface area contributed by atoms with Crippen LogP contribution in [0.3, 0.4) is 0 Å². The maximum absolute atomic E-state index is 13.3. The van der Waals surface area contributed by atoms with Crippen LogP contribution in [-0.4, -0.2) is 15.7 Å². The number of rotatable bonds is 4. The average molecular weight is 351 g/mol. The van der Waals surface area contributed by atoms with Crippen LogP contribution in [0.25, 0.3) is 0 Å². The zero-order chi connectivity index (χ0) is 18.7. The van der Waals surface area contributed by atoms with Crippen molar-refractivity contribution in [2.75, 3.05) is 5.32 Å². The van der Waals surface area contributed by atoms with Crippen molar-refractivity contribution >= 4 is 11.6 Å². The molecular weight excluding hydrogens is 333 g/mol. The van der Waals surface area contributed by atoms with Gasteiger partial charge >= 0.3 is 0 Å². The van der Waals surface area contributed by atoms with Crippen LogP contribution in [0.4, 0.5) is 10.1 Å².